The van der Waals surface area contributed by atoms with Crippen molar-refractivity contribution in [1.82, 2.24) is 15.3 Å². The number of amides is 2. The summed E-state index contributed by atoms with van der Waals surface area (Å²) in [5, 5.41) is 11.6. The molecule has 1 N–H and O–H groups in total. The number of thiazole rings is 1. The molecule has 0 atom stereocenters. The van der Waals surface area contributed by atoms with Crippen LogP contribution in [-0.2, 0) is 16.1 Å². The summed E-state index contributed by atoms with van der Waals surface area (Å²) in [6, 6.07) is 19.8. The Hall–Kier alpha value is -3.32. The van der Waals surface area contributed by atoms with E-state index in [1.807, 2.05) is 66.0 Å². The summed E-state index contributed by atoms with van der Waals surface area (Å²) in [7, 11) is 0. The Morgan fingerprint density at radius 1 is 0.967 bits per heavy atom. The number of benzene rings is 2. The van der Waals surface area contributed by atoms with Crippen LogP contribution in [0, 0.1) is 0 Å². The summed E-state index contributed by atoms with van der Waals surface area (Å²) in [6.07, 6.45) is 1.01. The largest absolute Gasteiger partial charge is 0.350 e. The number of hydrazone groups is 1. The van der Waals surface area contributed by atoms with E-state index in [0.717, 1.165) is 34.0 Å². The fourth-order valence-electron chi connectivity index (χ4n) is 3.20. The zero-order valence-corrected chi connectivity index (χ0v) is 17.3. The molecular formula is C23H22N4O2S. The first-order valence-electron chi connectivity index (χ1n) is 9.89. The Morgan fingerprint density at radius 3 is 2.40 bits per heavy atom. The second-order valence-corrected chi connectivity index (χ2v) is 7.82. The number of carbonyl (C=O) groups excluding carboxylic acids is 2. The maximum atomic E-state index is 12.4. The highest BCUT2D eigenvalue weighted by Gasteiger charge is 2.21. The number of nitrogens with zero attached hydrogens (tertiary/aromatic N) is 3. The molecule has 0 spiro atoms. The first-order valence-corrected chi connectivity index (χ1v) is 10.8. The molecule has 1 aliphatic rings. The number of aromatic nitrogens is 1. The van der Waals surface area contributed by atoms with Crippen LogP contribution in [0.15, 0.2) is 71.1 Å². The molecule has 152 valence electrons. The van der Waals surface area contributed by atoms with Gasteiger partial charge in [0.15, 0.2) is 0 Å². The maximum absolute atomic E-state index is 12.4. The van der Waals surface area contributed by atoms with E-state index in [-0.39, 0.29) is 24.7 Å². The second kappa shape index (κ2) is 9.45. The van der Waals surface area contributed by atoms with E-state index in [2.05, 4.69) is 15.4 Å². The lowest BCUT2D eigenvalue weighted by Gasteiger charge is -2.11. The van der Waals surface area contributed by atoms with Gasteiger partial charge in [-0.05, 0) is 5.56 Å². The minimum absolute atomic E-state index is 0.129. The van der Waals surface area contributed by atoms with Crippen molar-refractivity contribution in [3.8, 4) is 10.6 Å². The minimum atomic E-state index is -0.163. The average Bonchev–Trinajstić information content (AvgIpc) is 3.47. The van der Waals surface area contributed by atoms with E-state index in [9.17, 15) is 9.59 Å². The molecule has 0 fully saturated rings. The van der Waals surface area contributed by atoms with E-state index < -0.39 is 0 Å². The Labute approximate surface area is 179 Å². The van der Waals surface area contributed by atoms with Crippen LogP contribution < -0.4 is 5.32 Å². The fraction of sp³-hybridized carbons (Fsp3) is 0.217. The highest BCUT2D eigenvalue weighted by Crippen LogP contribution is 2.23. The SMILES string of the molecule is O=C(CCC(=O)N1CCC(c2ccccc2)=N1)NCc1csc(-c2ccccc2)n1. The number of rotatable bonds is 7. The van der Waals surface area contributed by atoms with Crippen molar-refractivity contribution < 1.29 is 9.59 Å². The molecule has 0 aliphatic carbocycles. The van der Waals surface area contributed by atoms with Crippen LogP contribution in [0.5, 0.6) is 0 Å². The van der Waals surface area contributed by atoms with Gasteiger partial charge in [-0.3, -0.25) is 9.59 Å². The highest BCUT2D eigenvalue weighted by molar-refractivity contribution is 7.13. The highest BCUT2D eigenvalue weighted by atomic mass is 32.1. The molecule has 2 aromatic carbocycles. The van der Waals surface area contributed by atoms with Crippen LogP contribution in [0.25, 0.3) is 10.6 Å². The normalized spacial score (nSPS) is 13.2. The van der Waals surface area contributed by atoms with Crippen molar-refractivity contribution in [1.29, 1.82) is 0 Å². The Kier molecular flexibility index (Phi) is 6.29. The van der Waals surface area contributed by atoms with E-state index in [4.69, 9.17) is 0 Å². The zero-order chi connectivity index (χ0) is 20.8. The molecule has 2 amide bonds. The standard InChI is InChI=1S/C23H22N4O2S/c28-21(24-15-19-16-30-23(25-19)18-9-5-2-6-10-18)11-12-22(29)27-14-13-20(26-27)17-7-3-1-4-8-17/h1-10,16H,11-15H2,(H,24,28). The van der Waals surface area contributed by atoms with Crippen molar-refractivity contribution in [2.24, 2.45) is 5.10 Å². The number of nitrogens with one attached hydrogen (secondary N) is 1. The molecule has 0 saturated heterocycles. The van der Waals surface area contributed by atoms with Gasteiger partial charge in [-0.2, -0.15) is 5.10 Å². The Morgan fingerprint density at radius 2 is 1.67 bits per heavy atom. The molecule has 0 saturated carbocycles. The van der Waals surface area contributed by atoms with Crippen LogP contribution in [0.3, 0.4) is 0 Å². The smallest absolute Gasteiger partial charge is 0.243 e. The molecule has 7 heteroatoms. The van der Waals surface area contributed by atoms with Gasteiger partial charge in [0, 0.05) is 30.2 Å². The van der Waals surface area contributed by atoms with Gasteiger partial charge in [-0.15, -0.1) is 11.3 Å². The molecule has 0 bridgehead atoms. The molecule has 30 heavy (non-hydrogen) atoms. The average molecular weight is 419 g/mol. The molecular weight excluding hydrogens is 396 g/mol. The van der Waals surface area contributed by atoms with Crippen molar-refractivity contribution in [2.45, 2.75) is 25.8 Å². The van der Waals surface area contributed by atoms with Crippen LogP contribution in [0.2, 0.25) is 0 Å². The predicted molar refractivity (Wildman–Crippen MR) is 118 cm³/mol. The summed E-state index contributed by atoms with van der Waals surface area (Å²) >= 11 is 1.55. The molecule has 6 nitrogen and oxygen atoms in total. The third kappa shape index (κ3) is 4.99. The molecule has 1 aromatic heterocycles. The van der Waals surface area contributed by atoms with Crippen LogP contribution in [0.4, 0.5) is 0 Å². The van der Waals surface area contributed by atoms with Gasteiger partial charge in [0.25, 0.3) is 0 Å². The van der Waals surface area contributed by atoms with Gasteiger partial charge in [0.2, 0.25) is 11.8 Å². The van der Waals surface area contributed by atoms with Gasteiger partial charge < -0.3 is 5.32 Å². The Balaban J connectivity index is 1.23. The number of carbonyl (C=O) groups is 2. The van der Waals surface area contributed by atoms with Gasteiger partial charge in [0.1, 0.15) is 5.01 Å². The van der Waals surface area contributed by atoms with Gasteiger partial charge in [0.05, 0.1) is 24.5 Å². The predicted octanol–water partition coefficient (Wildman–Crippen LogP) is 3.84. The molecule has 3 aromatic rings. The van der Waals surface area contributed by atoms with Crippen LogP contribution in [-0.4, -0.2) is 34.1 Å². The lowest BCUT2D eigenvalue weighted by atomic mass is 10.1. The molecule has 0 radical (unpaired) electrons. The fourth-order valence-corrected chi connectivity index (χ4v) is 4.02. The molecule has 4 rings (SSSR count). The lowest BCUT2D eigenvalue weighted by Crippen LogP contribution is -2.27. The third-order valence-electron chi connectivity index (χ3n) is 4.80. The van der Waals surface area contributed by atoms with Gasteiger partial charge in [-0.25, -0.2) is 9.99 Å². The summed E-state index contributed by atoms with van der Waals surface area (Å²) < 4.78 is 0. The topological polar surface area (TPSA) is 74.7 Å². The second-order valence-electron chi connectivity index (χ2n) is 6.97. The van der Waals surface area contributed by atoms with Crippen molar-refractivity contribution in [2.75, 3.05) is 6.54 Å². The van der Waals surface area contributed by atoms with E-state index in [1.165, 1.54) is 5.01 Å². The van der Waals surface area contributed by atoms with Crippen molar-refractivity contribution >= 4 is 28.9 Å². The van der Waals surface area contributed by atoms with Crippen LogP contribution in [0.1, 0.15) is 30.5 Å². The van der Waals surface area contributed by atoms with Crippen molar-refractivity contribution in [3.63, 3.8) is 0 Å². The number of hydrogen-bond donors (Lipinski definition) is 1. The quantitative estimate of drug-likeness (QED) is 0.633. The van der Waals surface area contributed by atoms with E-state index >= 15 is 0 Å². The molecule has 2 heterocycles. The summed E-state index contributed by atoms with van der Waals surface area (Å²) in [5.74, 6) is -0.292. The summed E-state index contributed by atoms with van der Waals surface area (Å²) in [6.45, 7) is 0.919. The molecule has 1 aliphatic heterocycles. The monoisotopic (exact) mass is 418 g/mol. The first-order chi connectivity index (χ1) is 14.7. The lowest BCUT2D eigenvalue weighted by molar-refractivity contribution is -0.133. The summed E-state index contributed by atoms with van der Waals surface area (Å²) in [5.41, 5.74) is 3.82. The zero-order valence-electron chi connectivity index (χ0n) is 16.5. The van der Waals surface area contributed by atoms with E-state index in [0.29, 0.717) is 13.1 Å². The maximum Gasteiger partial charge on any atom is 0.243 e. The minimum Gasteiger partial charge on any atom is -0.350 e. The molecule has 0 unspecified atom stereocenters. The summed E-state index contributed by atoms with van der Waals surface area (Å²) in [4.78, 5) is 29.1. The van der Waals surface area contributed by atoms with Crippen molar-refractivity contribution in [3.05, 3.63) is 77.3 Å². The van der Waals surface area contributed by atoms with Gasteiger partial charge in [-0.1, -0.05) is 60.7 Å². The Bertz CT molecular complexity index is 1050. The van der Waals surface area contributed by atoms with E-state index in [1.54, 1.807) is 11.3 Å². The van der Waals surface area contributed by atoms with Crippen LogP contribution >= 0.6 is 11.3 Å². The number of hydrogen-bond acceptors (Lipinski definition) is 5. The van der Waals surface area contributed by atoms with Gasteiger partial charge >= 0.3 is 0 Å². The third-order valence-corrected chi connectivity index (χ3v) is 5.74. The first kappa shape index (κ1) is 20.0.